The standard InChI is InChI=1S/C16H21N3O3S2/c20-7-3-6-17-13(21)9-23-8-12-18-15(22)14-10-4-1-2-5-11(10)24-16(14)19-12/h20H,1-9H2,(H,17,21)(H,18,19,22). The van der Waals surface area contributed by atoms with E-state index < -0.39 is 0 Å². The number of nitrogens with zero attached hydrogens (tertiary/aromatic N) is 1. The summed E-state index contributed by atoms with van der Waals surface area (Å²) in [7, 11) is 0. The lowest BCUT2D eigenvalue weighted by molar-refractivity contribution is -0.118. The predicted octanol–water partition coefficient (Wildman–Crippen LogP) is 1.60. The Morgan fingerprint density at radius 3 is 3.04 bits per heavy atom. The SMILES string of the molecule is O=C(CSCc1nc2sc3c(c2c(=O)[nH]1)CCCC3)NCCCO. The van der Waals surface area contributed by atoms with Crippen molar-refractivity contribution < 1.29 is 9.90 Å². The molecule has 0 aliphatic heterocycles. The molecule has 2 aromatic rings. The number of rotatable bonds is 7. The molecule has 0 atom stereocenters. The van der Waals surface area contributed by atoms with Gasteiger partial charge in [-0.2, -0.15) is 0 Å². The number of hydrogen-bond acceptors (Lipinski definition) is 6. The van der Waals surface area contributed by atoms with E-state index in [9.17, 15) is 9.59 Å². The third-order valence-corrected chi connectivity index (χ3v) is 6.13. The fourth-order valence-electron chi connectivity index (χ4n) is 2.88. The van der Waals surface area contributed by atoms with Crippen LogP contribution in [0.4, 0.5) is 0 Å². The van der Waals surface area contributed by atoms with E-state index in [1.165, 1.54) is 28.6 Å². The fraction of sp³-hybridized carbons (Fsp3) is 0.562. The second-order valence-electron chi connectivity index (χ2n) is 5.82. The summed E-state index contributed by atoms with van der Waals surface area (Å²) in [4.78, 5) is 33.6. The van der Waals surface area contributed by atoms with E-state index in [1.54, 1.807) is 11.3 Å². The van der Waals surface area contributed by atoms with Crippen LogP contribution in [0.2, 0.25) is 0 Å². The topological polar surface area (TPSA) is 95.1 Å². The molecule has 3 N–H and O–H groups in total. The highest BCUT2D eigenvalue weighted by molar-refractivity contribution is 7.99. The van der Waals surface area contributed by atoms with Crippen LogP contribution in [0.5, 0.6) is 0 Å². The van der Waals surface area contributed by atoms with Crippen molar-refractivity contribution >= 4 is 39.2 Å². The lowest BCUT2D eigenvalue weighted by Gasteiger charge is -2.09. The highest BCUT2D eigenvalue weighted by Gasteiger charge is 2.19. The molecule has 6 nitrogen and oxygen atoms in total. The number of aliphatic hydroxyl groups excluding tert-OH is 1. The normalized spacial score (nSPS) is 13.9. The third kappa shape index (κ3) is 3.99. The summed E-state index contributed by atoms with van der Waals surface area (Å²) in [5, 5.41) is 12.2. The molecular weight excluding hydrogens is 346 g/mol. The molecule has 0 bridgehead atoms. The molecule has 0 radical (unpaired) electrons. The van der Waals surface area contributed by atoms with Gasteiger partial charge in [-0.1, -0.05) is 0 Å². The van der Waals surface area contributed by atoms with Gasteiger partial charge < -0.3 is 15.4 Å². The Morgan fingerprint density at radius 2 is 2.21 bits per heavy atom. The minimum Gasteiger partial charge on any atom is -0.396 e. The lowest BCUT2D eigenvalue weighted by atomic mass is 9.97. The molecule has 0 saturated heterocycles. The maximum Gasteiger partial charge on any atom is 0.259 e. The maximum absolute atomic E-state index is 12.4. The molecule has 0 saturated carbocycles. The summed E-state index contributed by atoms with van der Waals surface area (Å²) >= 11 is 3.06. The van der Waals surface area contributed by atoms with Crippen LogP contribution in [0.25, 0.3) is 10.2 Å². The number of thiophene rings is 1. The second-order valence-corrected chi connectivity index (χ2v) is 7.89. The van der Waals surface area contributed by atoms with Crippen molar-refractivity contribution in [3.63, 3.8) is 0 Å². The van der Waals surface area contributed by atoms with Crippen molar-refractivity contribution in [3.05, 3.63) is 26.6 Å². The highest BCUT2D eigenvalue weighted by Crippen LogP contribution is 2.33. The van der Waals surface area contributed by atoms with E-state index >= 15 is 0 Å². The Bertz CT molecular complexity index is 785. The molecule has 2 heterocycles. The Balaban J connectivity index is 1.64. The van der Waals surface area contributed by atoms with Gasteiger partial charge in [-0.05, 0) is 37.7 Å². The fourth-order valence-corrected chi connectivity index (χ4v) is 4.88. The van der Waals surface area contributed by atoms with Crippen LogP contribution >= 0.6 is 23.1 Å². The molecule has 3 rings (SSSR count). The smallest absolute Gasteiger partial charge is 0.259 e. The zero-order valence-corrected chi connectivity index (χ0v) is 15.0. The Labute approximate surface area is 148 Å². The molecule has 24 heavy (non-hydrogen) atoms. The monoisotopic (exact) mass is 367 g/mol. The summed E-state index contributed by atoms with van der Waals surface area (Å²) in [6.45, 7) is 0.557. The number of thioether (sulfide) groups is 1. The number of H-pyrrole nitrogens is 1. The molecule has 8 heteroatoms. The van der Waals surface area contributed by atoms with Gasteiger partial charge in [0.05, 0.1) is 16.9 Å². The number of hydrogen-bond donors (Lipinski definition) is 3. The number of aromatic amines is 1. The molecule has 130 valence electrons. The van der Waals surface area contributed by atoms with E-state index in [1.807, 2.05) is 0 Å². The maximum atomic E-state index is 12.4. The van der Waals surface area contributed by atoms with Gasteiger partial charge >= 0.3 is 0 Å². The van der Waals surface area contributed by atoms with Gasteiger partial charge in [0.1, 0.15) is 10.7 Å². The lowest BCUT2D eigenvalue weighted by Crippen LogP contribution is -2.26. The van der Waals surface area contributed by atoms with Gasteiger partial charge in [-0.3, -0.25) is 9.59 Å². The summed E-state index contributed by atoms with van der Waals surface area (Å²) in [6.07, 6.45) is 4.91. The van der Waals surface area contributed by atoms with Crippen molar-refractivity contribution in [1.82, 2.24) is 15.3 Å². The van der Waals surface area contributed by atoms with Gasteiger partial charge in [-0.15, -0.1) is 23.1 Å². The molecule has 0 spiro atoms. The predicted molar refractivity (Wildman–Crippen MR) is 97.8 cm³/mol. The molecule has 0 fully saturated rings. The Hall–Kier alpha value is -1.38. The molecule has 1 aliphatic rings. The summed E-state index contributed by atoms with van der Waals surface area (Å²) in [5.74, 6) is 1.37. The van der Waals surface area contributed by atoms with E-state index in [4.69, 9.17) is 5.11 Å². The second kappa shape index (κ2) is 8.13. The minimum absolute atomic E-state index is 0.0533. The van der Waals surface area contributed by atoms with Gasteiger partial charge in [0.25, 0.3) is 5.56 Å². The first-order valence-electron chi connectivity index (χ1n) is 8.18. The van der Waals surface area contributed by atoms with E-state index in [0.29, 0.717) is 30.3 Å². The minimum atomic E-state index is -0.0662. The summed E-state index contributed by atoms with van der Waals surface area (Å²) in [6, 6.07) is 0. The zero-order chi connectivity index (χ0) is 16.9. The first kappa shape index (κ1) is 17.4. The molecule has 0 unspecified atom stereocenters. The Kier molecular flexibility index (Phi) is 5.91. The number of aryl methyl sites for hydroxylation is 2. The molecule has 0 aromatic carbocycles. The highest BCUT2D eigenvalue weighted by atomic mass is 32.2. The first-order chi connectivity index (χ1) is 11.7. The molecule has 1 amide bonds. The number of aliphatic hydroxyl groups is 1. The van der Waals surface area contributed by atoms with Crippen LogP contribution in [-0.4, -0.2) is 39.9 Å². The third-order valence-electron chi connectivity index (χ3n) is 4.00. The van der Waals surface area contributed by atoms with Crippen LogP contribution in [-0.2, 0) is 23.4 Å². The number of nitrogens with one attached hydrogen (secondary N) is 2. The average Bonchev–Trinajstić information content (AvgIpc) is 2.94. The van der Waals surface area contributed by atoms with Gasteiger partial charge in [0.2, 0.25) is 5.91 Å². The zero-order valence-electron chi connectivity index (χ0n) is 13.4. The van der Waals surface area contributed by atoms with Crippen molar-refractivity contribution in [1.29, 1.82) is 0 Å². The Morgan fingerprint density at radius 1 is 1.38 bits per heavy atom. The van der Waals surface area contributed by atoms with Gasteiger partial charge in [-0.25, -0.2) is 4.98 Å². The van der Waals surface area contributed by atoms with Crippen molar-refractivity contribution in [2.45, 2.75) is 37.9 Å². The van der Waals surface area contributed by atoms with E-state index in [-0.39, 0.29) is 18.1 Å². The summed E-state index contributed by atoms with van der Waals surface area (Å²) < 4.78 is 0. The number of carbonyl (C=O) groups excluding carboxylic acids is 1. The number of amides is 1. The van der Waals surface area contributed by atoms with E-state index in [0.717, 1.165) is 29.5 Å². The quantitative estimate of drug-likeness (QED) is 0.646. The first-order valence-corrected chi connectivity index (χ1v) is 10.1. The van der Waals surface area contributed by atoms with Crippen LogP contribution in [0, 0.1) is 0 Å². The molecule has 1 aliphatic carbocycles. The van der Waals surface area contributed by atoms with Crippen LogP contribution < -0.4 is 10.9 Å². The average molecular weight is 367 g/mol. The molecular formula is C16H21N3O3S2. The van der Waals surface area contributed by atoms with Gasteiger partial charge in [0, 0.05) is 18.0 Å². The van der Waals surface area contributed by atoms with Gasteiger partial charge in [0.15, 0.2) is 0 Å². The van der Waals surface area contributed by atoms with Crippen LogP contribution in [0.1, 0.15) is 35.5 Å². The van der Waals surface area contributed by atoms with Crippen LogP contribution in [0.3, 0.4) is 0 Å². The largest absolute Gasteiger partial charge is 0.396 e. The van der Waals surface area contributed by atoms with Crippen molar-refractivity contribution in [2.75, 3.05) is 18.9 Å². The number of carbonyl (C=O) groups is 1. The summed E-state index contributed by atoms with van der Waals surface area (Å²) in [5.41, 5.74) is 1.14. The molecule has 2 aromatic heterocycles. The van der Waals surface area contributed by atoms with Crippen molar-refractivity contribution in [2.24, 2.45) is 0 Å². The van der Waals surface area contributed by atoms with Crippen molar-refractivity contribution in [3.8, 4) is 0 Å². The van der Waals surface area contributed by atoms with Crippen LogP contribution in [0.15, 0.2) is 4.79 Å². The number of fused-ring (bicyclic) bond motifs is 3. The van der Waals surface area contributed by atoms with E-state index in [2.05, 4.69) is 15.3 Å². The number of aromatic nitrogens is 2.